The van der Waals surface area contributed by atoms with Crippen molar-refractivity contribution in [2.24, 2.45) is 0 Å². The molecule has 250 valence electrons. The molecule has 2 radical (unpaired) electrons. The fourth-order valence-corrected chi connectivity index (χ4v) is 5.56. The van der Waals surface area contributed by atoms with Gasteiger partial charge in [0.1, 0.15) is 0 Å². The molecule has 6 rings (SSSR count). The number of benzene rings is 4. The average Bonchev–Trinajstić information content (AvgIpc) is 3.63. The second-order valence-electron chi connectivity index (χ2n) is 11.4. The van der Waals surface area contributed by atoms with Crippen LogP contribution in [-0.4, -0.2) is 9.52 Å². The third kappa shape index (κ3) is 10.7. The number of fused-ring (bicyclic) bond motifs is 2. The number of rotatable bonds is 2. The Morgan fingerprint density at radius 1 is 0.542 bits per heavy atom. The van der Waals surface area contributed by atoms with Crippen LogP contribution in [0.2, 0.25) is 13.1 Å². The summed E-state index contributed by atoms with van der Waals surface area (Å²) in [5.41, 5.74) is 6.83. The summed E-state index contributed by atoms with van der Waals surface area (Å²) in [4.78, 5) is 0. The predicted molar refractivity (Wildman–Crippen MR) is 188 cm³/mol. The number of aryl methyl sites for hydroxylation is 4. The number of alkyl halides is 6. The molecule has 0 nitrogen and oxygen atoms in total. The molecule has 0 aliphatic carbocycles. The second kappa shape index (κ2) is 17.3. The molecule has 0 bridgehead atoms. The molecule has 6 aromatic rings. The van der Waals surface area contributed by atoms with E-state index in [4.69, 9.17) is 17.0 Å². The molecular weight excluding hydrogens is 761 g/mol. The van der Waals surface area contributed by atoms with Crippen molar-refractivity contribution in [3.05, 3.63) is 130 Å². The van der Waals surface area contributed by atoms with Gasteiger partial charge in [-0.3, -0.25) is 0 Å². The van der Waals surface area contributed by atoms with Gasteiger partial charge in [-0.05, 0) is 49.9 Å². The van der Waals surface area contributed by atoms with Crippen molar-refractivity contribution in [2.75, 3.05) is 0 Å². The monoisotopic (exact) mass is 792 g/mol. The number of halogens is 8. The van der Waals surface area contributed by atoms with Crippen LogP contribution in [0.1, 0.15) is 33.4 Å². The summed E-state index contributed by atoms with van der Waals surface area (Å²) in [7, 11) is 11.0. The van der Waals surface area contributed by atoms with E-state index in [-0.39, 0.29) is 0 Å². The molecular formula is C38H34Cl2F6SiZr. The van der Waals surface area contributed by atoms with Gasteiger partial charge in [-0.25, -0.2) is 0 Å². The Kier molecular flexibility index (Phi) is 14.4. The van der Waals surface area contributed by atoms with Crippen LogP contribution in [0.4, 0.5) is 26.3 Å². The van der Waals surface area contributed by atoms with Gasteiger partial charge in [0, 0.05) is 9.52 Å². The van der Waals surface area contributed by atoms with Crippen molar-refractivity contribution < 1.29 is 47.2 Å². The molecule has 0 spiro atoms. The fourth-order valence-electron chi connectivity index (χ4n) is 5.56. The SMILES string of the molecule is C[Si]C.Cc1cc(C)cc(-c2cccc3[cH-]c(C(F)(F)F)cc23)c1.Cc1cc(C)cc(-c2cccc3[cH-]c(C(F)(F)F)cc23)c1.[Cl][Zr+2][Cl]. The van der Waals surface area contributed by atoms with Gasteiger partial charge in [0.05, 0.1) is 0 Å². The normalized spacial score (nSPS) is 11.1. The summed E-state index contributed by atoms with van der Waals surface area (Å²) in [5, 5.41) is 2.54. The van der Waals surface area contributed by atoms with Crippen LogP contribution in [-0.2, 0) is 33.2 Å². The van der Waals surface area contributed by atoms with Crippen molar-refractivity contribution in [1.82, 2.24) is 0 Å². The van der Waals surface area contributed by atoms with Crippen molar-refractivity contribution >= 4 is 48.1 Å². The Balaban J connectivity index is 0.000000224. The third-order valence-electron chi connectivity index (χ3n) is 7.22. The third-order valence-corrected chi connectivity index (χ3v) is 7.22. The van der Waals surface area contributed by atoms with Gasteiger partial charge >= 0.3 is 50.2 Å². The van der Waals surface area contributed by atoms with Crippen LogP contribution in [0.5, 0.6) is 0 Å². The summed E-state index contributed by atoms with van der Waals surface area (Å²) in [6.45, 7) is 12.3. The average molecular weight is 795 g/mol. The van der Waals surface area contributed by atoms with E-state index < -0.39 is 44.3 Å². The molecule has 0 amide bonds. The molecule has 48 heavy (non-hydrogen) atoms. The molecule has 0 saturated heterocycles. The Morgan fingerprint density at radius 3 is 1.10 bits per heavy atom. The first-order valence-electron chi connectivity index (χ1n) is 14.8. The zero-order valence-corrected chi connectivity index (χ0v) is 32.2. The predicted octanol–water partition coefficient (Wildman–Crippen LogP) is 13.9. The summed E-state index contributed by atoms with van der Waals surface area (Å²) >= 11 is -0.826. The van der Waals surface area contributed by atoms with Crippen molar-refractivity contribution in [3.8, 4) is 22.3 Å². The first-order chi connectivity index (χ1) is 22.5. The first kappa shape index (κ1) is 39.8. The Morgan fingerprint density at radius 2 is 0.833 bits per heavy atom. The van der Waals surface area contributed by atoms with Crippen LogP contribution in [0, 0.1) is 27.7 Å². The van der Waals surface area contributed by atoms with E-state index in [1.165, 1.54) is 24.3 Å². The van der Waals surface area contributed by atoms with E-state index in [1.807, 2.05) is 64.1 Å². The molecule has 0 fully saturated rings. The van der Waals surface area contributed by atoms with Gasteiger partial charge in [0.25, 0.3) is 0 Å². The van der Waals surface area contributed by atoms with Gasteiger partial charge in [0.2, 0.25) is 0 Å². The molecule has 0 atom stereocenters. The maximum absolute atomic E-state index is 12.9. The minimum atomic E-state index is -4.31. The van der Waals surface area contributed by atoms with Crippen LogP contribution in [0.25, 0.3) is 43.8 Å². The molecule has 0 aliphatic rings. The van der Waals surface area contributed by atoms with Gasteiger partial charge in [-0.2, -0.15) is 38.5 Å². The standard InChI is InChI=1S/2C18H14F3.C2H6Si.2ClH.Zr/c2*1-11-6-12(2)8-14(7-11)16-5-3-4-13-9-15(10-17(13)16)18(19,20)21;1-3-2;;;/h2*3-10H,1-2H3;1-2H3;2*1H;/q2*-1;;;;+4/p-2. The minimum absolute atomic E-state index is 0.589. The summed E-state index contributed by atoms with van der Waals surface area (Å²) < 4.78 is 77.3. The Bertz CT molecular complexity index is 1770. The Labute approximate surface area is 299 Å². The molecule has 6 aromatic carbocycles. The number of hydrogen-bond donors (Lipinski definition) is 0. The molecule has 0 aromatic heterocycles. The molecule has 0 aliphatic heterocycles. The maximum atomic E-state index is 12.9. The van der Waals surface area contributed by atoms with Gasteiger partial charge in [-0.15, -0.1) is 57.9 Å². The molecule has 0 saturated carbocycles. The fraction of sp³-hybridized carbons (Fsp3) is 0.211. The van der Waals surface area contributed by atoms with Crippen LogP contribution < -0.4 is 0 Å². The van der Waals surface area contributed by atoms with Crippen LogP contribution >= 0.6 is 17.0 Å². The van der Waals surface area contributed by atoms with E-state index in [1.54, 1.807) is 24.3 Å². The number of hydrogen-bond acceptors (Lipinski definition) is 0. The van der Waals surface area contributed by atoms with E-state index in [0.29, 0.717) is 21.5 Å². The van der Waals surface area contributed by atoms with E-state index in [9.17, 15) is 26.3 Å². The molecule has 0 N–H and O–H groups in total. The summed E-state index contributed by atoms with van der Waals surface area (Å²) in [5.74, 6) is 0. The second-order valence-corrected chi connectivity index (χ2v) is 16.2. The zero-order chi connectivity index (χ0) is 35.8. The van der Waals surface area contributed by atoms with Crippen LogP contribution in [0.15, 0.2) is 97.1 Å². The van der Waals surface area contributed by atoms with E-state index in [2.05, 4.69) is 25.2 Å². The topological polar surface area (TPSA) is 0 Å². The summed E-state index contributed by atoms with van der Waals surface area (Å²) in [6, 6.07) is 27.8. The molecule has 0 unspecified atom stereocenters. The first-order valence-corrected chi connectivity index (χ1v) is 23.1. The molecule has 0 heterocycles. The zero-order valence-electron chi connectivity index (χ0n) is 27.3. The van der Waals surface area contributed by atoms with Crippen molar-refractivity contribution in [3.63, 3.8) is 0 Å². The molecule has 10 heteroatoms. The van der Waals surface area contributed by atoms with Crippen molar-refractivity contribution in [1.29, 1.82) is 0 Å². The Hall–Kier alpha value is -2.64. The van der Waals surface area contributed by atoms with Gasteiger partial charge in [-0.1, -0.05) is 95.0 Å². The van der Waals surface area contributed by atoms with Gasteiger partial charge in [0.15, 0.2) is 0 Å². The van der Waals surface area contributed by atoms with E-state index >= 15 is 0 Å². The quantitative estimate of drug-likeness (QED) is 0.0930. The van der Waals surface area contributed by atoms with E-state index in [0.717, 1.165) is 54.0 Å². The van der Waals surface area contributed by atoms with Gasteiger partial charge < -0.3 is 0 Å². The van der Waals surface area contributed by atoms with Crippen molar-refractivity contribution in [2.45, 2.75) is 53.1 Å². The van der Waals surface area contributed by atoms with Crippen LogP contribution in [0.3, 0.4) is 0 Å². The summed E-state index contributed by atoms with van der Waals surface area (Å²) in [6.07, 6.45) is -8.61.